The molecule has 1 spiro atoms. The highest BCUT2D eigenvalue weighted by molar-refractivity contribution is 6.10. The molecule has 114 valence electrons. The van der Waals surface area contributed by atoms with Crippen molar-refractivity contribution in [3.05, 3.63) is 35.4 Å². The average Bonchev–Trinajstić information content (AvgIpc) is 3.09. The van der Waals surface area contributed by atoms with Crippen molar-refractivity contribution in [1.82, 2.24) is 10.2 Å². The van der Waals surface area contributed by atoms with Crippen LogP contribution in [0.15, 0.2) is 24.3 Å². The van der Waals surface area contributed by atoms with Crippen molar-refractivity contribution in [3.8, 4) is 0 Å². The number of carbonyl (C=O) groups is 3. The van der Waals surface area contributed by atoms with Gasteiger partial charge in [-0.05, 0) is 30.9 Å². The zero-order valence-electron chi connectivity index (χ0n) is 12.2. The maximum Gasteiger partial charge on any atom is 0.329 e. The van der Waals surface area contributed by atoms with E-state index in [2.05, 4.69) is 5.32 Å². The van der Waals surface area contributed by atoms with Crippen LogP contribution in [0.4, 0.5) is 4.79 Å². The Hall–Kier alpha value is -2.37. The lowest BCUT2D eigenvalue weighted by Crippen LogP contribution is -2.45. The minimum Gasteiger partial charge on any atom is -0.461 e. The first-order chi connectivity index (χ1) is 10.5. The van der Waals surface area contributed by atoms with E-state index >= 15 is 0 Å². The second kappa shape index (κ2) is 4.32. The third-order valence-electron chi connectivity index (χ3n) is 4.83. The molecule has 22 heavy (non-hydrogen) atoms. The number of rotatable bonds is 1. The molecule has 1 aromatic rings. The summed E-state index contributed by atoms with van der Waals surface area (Å²) in [5.41, 5.74) is 0.899. The van der Waals surface area contributed by atoms with Crippen LogP contribution in [-0.2, 0) is 26.3 Å². The number of cyclic esters (lactones) is 1. The van der Waals surface area contributed by atoms with Crippen molar-refractivity contribution >= 4 is 17.9 Å². The van der Waals surface area contributed by atoms with E-state index in [1.54, 1.807) is 6.92 Å². The molecule has 6 nitrogen and oxygen atoms in total. The highest BCUT2D eigenvalue weighted by atomic mass is 16.6. The predicted molar refractivity (Wildman–Crippen MR) is 75.8 cm³/mol. The number of fused-ring (bicyclic) bond motifs is 2. The van der Waals surface area contributed by atoms with Crippen molar-refractivity contribution in [2.45, 2.75) is 43.9 Å². The molecule has 2 aliphatic heterocycles. The summed E-state index contributed by atoms with van der Waals surface area (Å²) >= 11 is 0. The van der Waals surface area contributed by atoms with E-state index in [1.165, 1.54) is 0 Å². The summed E-state index contributed by atoms with van der Waals surface area (Å²) in [6, 6.07) is 6.32. The maximum absolute atomic E-state index is 13.0. The van der Waals surface area contributed by atoms with Gasteiger partial charge in [0.15, 0.2) is 0 Å². The van der Waals surface area contributed by atoms with Crippen LogP contribution in [0.2, 0.25) is 0 Å². The Morgan fingerprint density at radius 1 is 1.27 bits per heavy atom. The zero-order chi connectivity index (χ0) is 15.5. The van der Waals surface area contributed by atoms with Crippen LogP contribution in [-0.4, -0.2) is 35.0 Å². The van der Waals surface area contributed by atoms with E-state index in [4.69, 9.17) is 4.74 Å². The monoisotopic (exact) mass is 300 g/mol. The molecule has 3 aliphatic rings. The van der Waals surface area contributed by atoms with Crippen molar-refractivity contribution in [2.24, 2.45) is 0 Å². The molecule has 1 aliphatic carbocycles. The maximum atomic E-state index is 13.0. The Balaban J connectivity index is 1.74. The summed E-state index contributed by atoms with van der Waals surface area (Å²) in [4.78, 5) is 38.3. The summed E-state index contributed by atoms with van der Waals surface area (Å²) in [6.07, 6.45) is 1.35. The highest BCUT2D eigenvalue weighted by Gasteiger charge is 2.59. The van der Waals surface area contributed by atoms with Crippen LogP contribution in [0.5, 0.6) is 0 Å². The van der Waals surface area contributed by atoms with Crippen LogP contribution in [0.1, 0.15) is 30.9 Å². The minimum atomic E-state index is -1.01. The van der Waals surface area contributed by atoms with Gasteiger partial charge in [0, 0.05) is 6.42 Å². The summed E-state index contributed by atoms with van der Waals surface area (Å²) in [7, 11) is 0. The predicted octanol–water partition coefficient (Wildman–Crippen LogP) is 1.08. The lowest BCUT2D eigenvalue weighted by atomic mass is 9.91. The number of esters is 1. The van der Waals surface area contributed by atoms with Gasteiger partial charge in [-0.1, -0.05) is 24.3 Å². The van der Waals surface area contributed by atoms with Crippen LogP contribution in [0.3, 0.4) is 0 Å². The largest absolute Gasteiger partial charge is 0.461 e. The molecule has 2 heterocycles. The van der Waals surface area contributed by atoms with E-state index in [9.17, 15) is 14.4 Å². The quantitative estimate of drug-likeness (QED) is 0.622. The molecule has 0 unspecified atom stereocenters. The normalized spacial score (nSPS) is 33.3. The third-order valence-corrected chi connectivity index (χ3v) is 4.83. The molecule has 0 aromatic heterocycles. The van der Waals surface area contributed by atoms with Gasteiger partial charge < -0.3 is 10.1 Å². The molecule has 2 fully saturated rings. The fourth-order valence-corrected chi connectivity index (χ4v) is 3.79. The fourth-order valence-electron chi connectivity index (χ4n) is 3.79. The zero-order valence-corrected chi connectivity index (χ0v) is 12.2. The molecular formula is C16H16N2O4. The van der Waals surface area contributed by atoms with Crippen LogP contribution in [0.25, 0.3) is 0 Å². The summed E-state index contributed by atoms with van der Waals surface area (Å²) in [5, 5.41) is 2.83. The molecule has 3 amide bonds. The number of aryl methyl sites for hydroxylation is 1. The standard InChI is InChI=1S/C16H16N2O4/c1-9-8-12(13(19)22-9)18-14(20)16(17-15(18)21)7-6-10-4-2-3-5-11(10)16/h2-5,9,12H,6-8H2,1H3,(H,17,21)/t9-,12+,16-/m0/s1. The van der Waals surface area contributed by atoms with Gasteiger partial charge in [-0.2, -0.15) is 0 Å². The smallest absolute Gasteiger partial charge is 0.329 e. The second-order valence-corrected chi connectivity index (χ2v) is 6.17. The van der Waals surface area contributed by atoms with Crippen molar-refractivity contribution in [1.29, 1.82) is 0 Å². The number of amides is 3. The Morgan fingerprint density at radius 2 is 2.05 bits per heavy atom. The molecule has 1 N–H and O–H groups in total. The first-order valence-electron chi connectivity index (χ1n) is 7.47. The Morgan fingerprint density at radius 3 is 2.77 bits per heavy atom. The third kappa shape index (κ3) is 1.58. The van der Waals surface area contributed by atoms with Crippen LogP contribution >= 0.6 is 0 Å². The first-order valence-corrected chi connectivity index (χ1v) is 7.47. The Bertz CT molecular complexity index is 701. The van der Waals surface area contributed by atoms with Gasteiger partial charge in [0.1, 0.15) is 17.7 Å². The van der Waals surface area contributed by atoms with Gasteiger partial charge in [0.2, 0.25) is 0 Å². The summed E-state index contributed by atoms with van der Waals surface area (Å²) < 4.78 is 5.09. The average molecular weight is 300 g/mol. The molecule has 0 radical (unpaired) electrons. The van der Waals surface area contributed by atoms with Gasteiger partial charge in [-0.25, -0.2) is 14.5 Å². The van der Waals surface area contributed by atoms with E-state index < -0.39 is 23.6 Å². The number of carbonyl (C=O) groups excluding carboxylic acids is 3. The molecule has 6 heteroatoms. The molecule has 0 saturated carbocycles. The number of nitrogens with zero attached hydrogens (tertiary/aromatic N) is 1. The van der Waals surface area contributed by atoms with Gasteiger partial charge in [-0.15, -0.1) is 0 Å². The molecule has 0 bridgehead atoms. The van der Waals surface area contributed by atoms with Gasteiger partial charge in [0.25, 0.3) is 5.91 Å². The van der Waals surface area contributed by atoms with E-state index in [0.29, 0.717) is 12.8 Å². The van der Waals surface area contributed by atoms with Crippen molar-refractivity contribution in [2.75, 3.05) is 0 Å². The van der Waals surface area contributed by atoms with Crippen molar-refractivity contribution in [3.63, 3.8) is 0 Å². The molecule has 2 saturated heterocycles. The number of imide groups is 1. The summed E-state index contributed by atoms with van der Waals surface area (Å²) in [5.74, 6) is -0.835. The van der Waals surface area contributed by atoms with E-state index in [0.717, 1.165) is 22.4 Å². The number of ether oxygens (including phenoxy) is 1. The molecule has 4 rings (SSSR count). The van der Waals surface area contributed by atoms with Crippen LogP contribution in [0, 0.1) is 0 Å². The van der Waals surface area contributed by atoms with Crippen LogP contribution < -0.4 is 5.32 Å². The number of nitrogens with one attached hydrogen (secondary N) is 1. The molecule has 3 atom stereocenters. The minimum absolute atomic E-state index is 0.273. The first kappa shape index (κ1) is 13.3. The number of urea groups is 1. The van der Waals surface area contributed by atoms with Gasteiger partial charge in [-0.3, -0.25) is 4.79 Å². The lowest BCUT2D eigenvalue weighted by molar-refractivity contribution is -0.147. The van der Waals surface area contributed by atoms with E-state index in [1.807, 2.05) is 24.3 Å². The Labute approximate surface area is 127 Å². The van der Waals surface area contributed by atoms with Gasteiger partial charge >= 0.3 is 12.0 Å². The van der Waals surface area contributed by atoms with Crippen molar-refractivity contribution < 1.29 is 19.1 Å². The summed E-state index contributed by atoms with van der Waals surface area (Å²) in [6.45, 7) is 1.76. The lowest BCUT2D eigenvalue weighted by Gasteiger charge is -2.23. The number of hydrogen-bond donors (Lipinski definition) is 1. The Kier molecular flexibility index (Phi) is 2.61. The topological polar surface area (TPSA) is 75.7 Å². The molecule has 1 aromatic carbocycles. The van der Waals surface area contributed by atoms with Gasteiger partial charge in [0.05, 0.1) is 0 Å². The van der Waals surface area contributed by atoms with E-state index in [-0.39, 0.29) is 12.0 Å². The number of hydrogen-bond acceptors (Lipinski definition) is 4. The highest BCUT2D eigenvalue weighted by Crippen LogP contribution is 2.42. The molecular weight excluding hydrogens is 284 g/mol. The SMILES string of the molecule is C[C@H]1C[C@@H](N2C(=O)N[C@]3(CCc4ccccc43)C2=O)C(=O)O1. The number of benzene rings is 1. The fraction of sp³-hybridized carbons (Fsp3) is 0.438. The second-order valence-electron chi connectivity index (χ2n) is 6.17.